The van der Waals surface area contributed by atoms with Crippen LogP contribution in [0.25, 0.3) is 10.9 Å². The molecule has 0 radical (unpaired) electrons. The normalized spacial score (nSPS) is 10.8. The fraction of sp³-hybridized carbons (Fsp3) is 0.118. The van der Waals surface area contributed by atoms with Crippen molar-refractivity contribution in [3.05, 3.63) is 64.8 Å². The number of fused-ring (bicyclic) bond motifs is 1. The standard InChI is InChI=1S/C17H16BrN3/c1-21(17-7-5-14(18)10-15(17)19)11-12-4-6-16-13(9-12)3-2-8-20-16/h2-10H,11,19H2,1H3. The van der Waals surface area contributed by atoms with Crippen LogP contribution < -0.4 is 10.6 Å². The van der Waals surface area contributed by atoms with Crippen LogP contribution >= 0.6 is 15.9 Å². The molecule has 3 rings (SSSR count). The van der Waals surface area contributed by atoms with Crippen molar-refractivity contribution in [3.63, 3.8) is 0 Å². The van der Waals surface area contributed by atoms with Crippen molar-refractivity contribution >= 4 is 38.2 Å². The molecule has 0 bridgehead atoms. The Labute approximate surface area is 132 Å². The second-order valence-electron chi connectivity index (χ2n) is 5.09. The van der Waals surface area contributed by atoms with Gasteiger partial charge in [-0.1, -0.05) is 28.1 Å². The van der Waals surface area contributed by atoms with Crippen molar-refractivity contribution in [3.8, 4) is 0 Å². The van der Waals surface area contributed by atoms with Gasteiger partial charge in [-0.15, -0.1) is 0 Å². The van der Waals surface area contributed by atoms with E-state index in [0.29, 0.717) is 0 Å². The molecule has 3 aromatic rings. The van der Waals surface area contributed by atoms with E-state index in [2.05, 4.69) is 50.1 Å². The first-order valence-corrected chi connectivity index (χ1v) is 7.52. The van der Waals surface area contributed by atoms with Crippen molar-refractivity contribution in [1.82, 2.24) is 4.98 Å². The molecule has 0 unspecified atom stereocenters. The lowest BCUT2D eigenvalue weighted by Gasteiger charge is -2.21. The van der Waals surface area contributed by atoms with Crippen LogP contribution in [0.15, 0.2) is 59.2 Å². The van der Waals surface area contributed by atoms with E-state index in [4.69, 9.17) is 5.73 Å². The summed E-state index contributed by atoms with van der Waals surface area (Å²) in [5.41, 5.74) is 10.1. The summed E-state index contributed by atoms with van der Waals surface area (Å²) >= 11 is 3.43. The number of hydrogen-bond acceptors (Lipinski definition) is 3. The van der Waals surface area contributed by atoms with Gasteiger partial charge in [0.2, 0.25) is 0 Å². The number of hydrogen-bond donors (Lipinski definition) is 1. The predicted molar refractivity (Wildman–Crippen MR) is 92.4 cm³/mol. The van der Waals surface area contributed by atoms with Crippen LogP contribution in [-0.2, 0) is 6.54 Å². The van der Waals surface area contributed by atoms with E-state index in [1.165, 1.54) is 5.56 Å². The van der Waals surface area contributed by atoms with Crippen molar-refractivity contribution in [1.29, 1.82) is 0 Å². The number of rotatable bonds is 3. The van der Waals surface area contributed by atoms with Crippen LogP contribution in [0, 0.1) is 0 Å². The molecule has 0 spiro atoms. The number of anilines is 2. The monoisotopic (exact) mass is 341 g/mol. The summed E-state index contributed by atoms with van der Waals surface area (Å²) in [4.78, 5) is 6.50. The maximum Gasteiger partial charge on any atom is 0.0702 e. The molecule has 0 saturated heterocycles. The maximum absolute atomic E-state index is 6.08. The zero-order valence-electron chi connectivity index (χ0n) is 11.8. The van der Waals surface area contributed by atoms with Crippen LogP contribution in [0.4, 0.5) is 11.4 Å². The third kappa shape index (κ3) is 3.00. The quantitative estimate of drug-likeness (QED) is 0.725. The fourth-order valence-corrected chi connectivity index (χ4v) is 2.83. The molecule has 2 aromatic carbocycles. The van der Waals surface area contributed by atoms with Gasteiger partial charge in [-0.25, -0.2) is 0 Å². The van der Waals surface area contributed by atoms with E-state index in [0.717, 1.165) is 33.3 Å². The molecular formula is C17H16BrN3. The molecule has 0 aliphatic carbocycles. The Balaban J connectivity index is 1.87. The number of halogens is 1. The van der Waals surface area contributed by atoms with E-state index in [9.17, 15) is 0 Å². The number of aromatic nitrogens is 1. The highest BCUT2D eigenvalue weighted by atomic mass is 79.9. The Morgan fingerprint density at radius 1 is 1.14 bits per heavy atom. The zero-order chi connectivity index (χ0) is 14.8. The van der Waals surface area contributed by atoms with Gasteiger partial charge in [0.1, 0.15) is 0 Å². The lowest BCUT2D eigenvalue weighted by Crippen LogP contribution is -2.17. The SMILES string of the molecule is CN(Cc1ccc2ncccc2c1)c1ccc(Br)cc1N. The Kier molecular flexibility index (Phi) is 3.80. The topological polar surface area (TPSA) is 42.2 Å². The Morgan fingerprint density at radius 2 is 2.00 bits per heavy atom. The lowest BCUT2D eigenvalue weighted by molar-refractivity contribution is 0.926. The first kappa shape index (κ1) is 13.9. The van der Waals surface area contributed by atoms with Gasteiger partial charge in [-0.3, -0.25) is 4.98 Å². The van der Waals surface area contributed by atoms with E-state index < -0.39 is 0 Å². The molecular weight excluding hydrogens is 326 g/mol. The highest BCUT2D eigenvalue weighted by Crippen LogP contribution is 2.27. The minimum Gasteiger partial charge on any atom is -0.397 e. The summed E-state index contributed by atoms with van der Waals surface area (Å²) in [5.74, 6) is 0. The van der Waals surface area contributed by atoms with Gasteiger partial charge >= 0.3 is 0 Å². The van der Waals surface area contributed by atoms with Crippen LogP contribution in [0.5, 0.6) is 0 Å². The summed E-state index contributed by atoms with van der Waals surface area (Å²) in [6, 6.07) is 16.4. The summed E-state index contributed by atoms with van der Waals surface area (Å²) in [6.07, 6.45) is 1.82. The van der Waals surface area contributed by atoms with Crippen molar-refractivity contribution in [2.24, 2.45) is 0 Å². The lowest BCUT2D eigenvalue weighted by atomic mass is 10.1. The molecule has 0 amide bonds. The highest BCUT2D eigenvalue weighted by molar-refractivity contribution is 9.10. The Hall–Kier alpha value is -2.07. The number of nitrogens with zero attached hydrogens (tertiary/aromatic N) is 2. The fourth-order valence-electron chi connectivity index (χ4n) is 2.46. The number of nitrogens with two attached hydrogens (primary N) is 1. The molecule has 1 heterocycles. The third-order valence-corrected chi connectivity index (χ3v) is 3.98. The zero-order valence-corrected chi connectivity index (χ0v) is 13.3. The van der Waals surface area contributed by atoms with Gasteiger partial charge < -0.3 is 10.6 Å². The molecule has 1 aromatic heterocycles. The number of pyridine rings is 1. The van der Waals surface area contributed by atoms with Gasteiger partial charge in [-0.2, -0.15) is 0 Å². The van der Waals surface area contributed by atoms with E-state index in [-0.39, 0.29) is 0 Å². The molecule has 0 fully saturated rings. The molecule has 106 valence electrons. The Morgan fingerprint density at radius 3 is 2.81 bits per heavy atom. The second kappa shape index (κ2) is 5.74. The summed E-state index contributed by atoms with van der Waals surface area (Å²) in [5, 5.41) is 1.16. The number of benzene rings is 2. The molecule has 4 heteroatoms. The van der Waals surface area contributed by atoms with Gasteiger partial charge in [-0.05, 0) is 42.0 Å². The molecule has 0 aliphatic heterocycles. The van der Waals surface area contributed by atoms with Crippen molar-refractivity contribution in [2.75, 3.05) is 17.7 Å². The predicted octanol–water partition coefficient (Wildman–Crippen LogP) is 4.22. The average Bonchev–Trinajstić information content (AvgIpc) is 2.47. The van der Waals surface area contributed by atoms with Crippen LogP contribution in [0.3, 0.4) is 0 Å². The van der Waals surface area contributed by atoms with Gasteiger partial charge in [0.25, 0.3) is 0 Å². The second-order valence-corrected chi connectivity index (χ2v) is 6.01. The van der Waals surface area contributed by atoms with Gasteiger partial charge in [0.15, 0.2) is 0 Å². The largest absolute Gasteiger partial charge is 0.397 e. The highest BCUT2D eigenvalue weighted by Gasteiger charge is 2.07. The first-order chi connectivity index (χ1) is 10.1. The first-order valence-electron chi connectivity index (χ1n) is 6.73. The molecule has 2 N–H and O–H groups in total. The van der Waals surface area contributed by atoms with Crippen LogP contribution in [0.1, 0.15) is 5.56 Å². The van der Waals surface area contributed by atoms with E-state index in [1.54, 1.807) is 0 Å². The van der Waals surface area contributed by atoms with Crippen molar-refractivity contribution in [2.45, 2.75) is 6.54 Å². The summed E-state index contributed by atoms with van der Waals surface area (Å²) in [7, 11) is 2.05. The minimum atomic E-state index is 0.773. The molecule has 0 aliphatic rings. The van der Waals surface area contributed by atoms with Crippen LogP contribution in [0.2, 0.25) is 0 Å². The average molecular weight is 342 g/mol. The maximum atomic E-state index is 6.08. The van der Waals surface area contributed by atoms with E-state index in [1.807, 2.05) is 37.5 Å². The third-order valence-electron chi connectivity index (χ3n) is 3.49. The number of nitrogen functional groups attached to an aromatic ring is 1. The van der Waals surface area contributed by atoms with E-state index >= 15 is 0 Å². The molecule has 21 heavy (non-hydrogen) atoms. The van der Waals surface area contributed by atoms with Crippen LogP contribution in [-0.4, -0.2) is 12.0 Å². The van der Waals surface area contributed by atoms with Gasteiger partial charge in [0.05, 0.1) is 16.9 Å². The summed E-state index contributed by atoms with van der Waals surface area (Å²) < 4.78 is 0.994. The van der Waals surface area contributed by atoms with Gasteiger partial charge in [0, 0.05) is 29.6 Å². The minimum absolute atomic E-state index is 0.773. The smallest absolute Gasteiger partial charge is 0.0702 e. The molecule has 0 saturated carbocycles. The van der Waals surface area contributed by atoms with Crippen molar-refractivity contribution < 1.29 is 0 Å². The Bertz CT molecular complexity index is 786. The molecule has 3 nitrogen and oxygen atoms in total. The molecule has 0 atom stereocenters. The summed E-state index contributed by atoms with van der Waals surface area (Å²) in [6.45, 7) is 0.802.